The maximum Gasteiger partial charge on any atom is 0.321 e. The van der Waals surface area contributed by atoms with Gasteiger partial charge in [0, 0.05) is 19.0 Å². The van der Waals surface area contributed by atoms with Crippen LogP contribution in [0.4, 0.5) is 10.7 Å². The Morgan fingerprint density at radius 2 is 2.46 bits per heavy atom. The van der Waals surface area contributed by atoms with Crippen LogP contribution in [-0.4, -0.2) is 18.2 Å². The monoisotopic (exact) mass is 181 g/mol. The van der Waals surface area contributed by atoms with Gasteiger partial charge in [0.1, 0.15) is 0 Å². The van der Waals surface area contributed by atoms with E-state index in [-0.39, 0.29) is 6.03 Å². The van der Waals surface area contributed by atoms with Crippen molar-refractivity contribution >= 4 is 11.9 Å². The van der Waals surface area contributed by atoms with Gasteiger partial charge < -0.3 is 9.84 Å². The third-order valence-corrected chi connectivity index (χ3v) is 1.99. The summed E-state index contributed by atoms with van der Waals surface area (Å²) in [5.74, 6) is 0.949. The van der Waals surface area contributed by atoms with Crippen molar-refractivity contribution in [2.45, 2.75) is 18.8 Å². The fraction of sp³-hybridized carbons (Fsp3) is 0.500. The van der Waals surface area contributed by atoms with Gasteiger partial charge in [-0.3, -0.25) is 5.32 Å². The molecule has 1 heterocycles. The van der Waals surface area contributed by atoms with Gasteiger partial charge in [-0.25, -0.2) is 4.79 Å². The number of nitrogens with zero attached hydrogens (tertiary/aromatic N) is 1. The maximum atomic E-state index is 10.9. The third-order valence-electron chi connectivity index (χ3n) is 1.99. The van der Waals surface area contributed by atoms with Gasteiger partial charge in [-0.15, -0.1) is 0 Å². The summed E-state index contributed by atoms with van der Waals surface area (Å²) < 4.78 is 4.92. The molecular weight excluding hydrogens is 170 g/mol. The fourth-order valence-corrected chi connectivity index (χ4v) is 1.09. The zero-order valence-corrected chi connectivity index (χ0v) is 7.33. The summed E-state index contributed by atoms with van der Waals surface area (Å²) in [7, 11) is 1.55. The Labute approximate surface area is 75.5 Å². The molecule has 0 aromatic carbocycles. The van der Waals surface area contributed by atoms with Crippen LogP contribution in [0.1, 0.15) is 24.5 Å². The van der Waals surface area contributed by atoms with Crippen LogP contribution in [0.2, 0.25) is 0 Å². The molecule has 5 nitrogen and oxygen atoms in total. The number of carbonyl (C=O) groups is 1. The standard InChI is InChI=1S/C8H11N3O2/c1-9-8(12)10-7-4-6(11-13-7)5-2-3-5/h4-5H,2-3H2,1H3,(H2,9,10,12). The molecule has 2 amide bonds. The number of carbonyl (C=O) groups excluding carboxylic acids is 1. The lowest BCUT2D eigenvalue weighted by atomic mass is 10.3. The van der Waals surface area contributed by atoms with E-state index in [1.807, 2.05) is 0 Å². The zero-order chi connectivity index (χ0) is 9.26. The van der Waals surface area contributed by atoms with Crippen molar-refractivity contribution in [1.82, 2.24) is 10.5 Å². The molecule has 2 rings (SSSR count). The second kappa shape index (κ2) is 3.08. The lowest BCUT2D eigenvalue weighted by Crippen LogP contribution is -2.24. The molecule has 13 heavy (non-hydrogen) atoms. The SMILES string of the molecule is CNC(=O)Nc1cc(C2CC2)no1. The highest BCUT2D eigenvalue weighted by molar-refractivity contribution is 5.87. The van der Waals surface area contributed by atoms with Crippen molar-refractivity contribution in [2.24, 2.45) is 0 Å². The number of rotatable bonds is 2. The Kier molecular flexibility index (Phi) is 1.92. The van der Waals surface area contributed by atoms with Crippen LogP contribution < -0.4 is 10.6 Å². The Hall–Kier alpha value is -1.52. The van der Waals surface area contributed by atoms with Crippen LogP contribution >= 0.6 is 0 Å². The smallest absolute Gasteiger partial charge is 0.321 e. The van der Waals surface area contributed by atoms with E-state index in [1.165, 1.54) is 12.8 Å². The third kappa shape index (κ3) is 1.80. The summed E-state index contributed by atoms with van der Waals surface area (Å²) in [5.41, 5.74) is 0.936. The highest BCUT2D eigenvalue weighted by Crippen LogP contribution is 2.39. The molecular formula is C8H11N3O2. The molecule has 1 aliphatic carbocycles. The average Bonchev–Trinajstić information content (AvgIpc) is 2.88. The molecule has 0 radical (unpaired) electrons. The highest BCUT2D eigenvalue weighted by Gasteiger charge is 2.27. The molecule has 0 unspecified atom stereocenters. The van der Waals surface area contributed by atoms with Crippen LogP contribution in [0.3, 0.4) is 0 Å². The van der Waals surface area contributed by atoms with E-state index in [0.29, 0.717) is 11.8 Å². The quantitative estimate of drug-likeness (QED) is 0.722. The minimum Gasteiger partial charge on any atom is -0.341 e. The molecule has 0 saturated heterocycles. The van der Waals surface area contributed by atoms with Gasteiger partial charge in [-0.05, 0) is 12.8 Å². The Bertz CT molecular complexity index is 317. The first-order valence-electron chi connectivity index (χ1n) is 4.25. The van der Waals surface area contributed by atoms with Gasteiger partial charge in [0.15, 0.2) is 0 Å². The molecule has 1 aromatic rings. The van der Waals surface area contributed by atoms with E-state index in [0.717, 1.165) is 5.69 Å². The number of hydrogen-bond acceptors (Lipinski definition) is 3. The Morgan fingerprint density at radius 1 is 1.69 bits per heavy atom. The molecule has 70 valence electrons. The van der Waals surface area contributed by atoms with E-state index in [1.54, 1.807) is 13.1 Å². The second-order valence-electron chi connectivity index (χ2n) is 3.09. The van der Waals surface area contributed by atoms with Gasteiger partial charge in [0.25, 0.3) is 0 Å². The van der Waals surface area contributed by atoms with Gasteiger partial charge in [0.2, 0.25) is 5.88 Å². The van der Waals surface area contributed by atoms with Crippen molar-refractivity contribution in [2.75, 3.05) is 12.4 Å². The van der Waals surface area contributed by atoms with Gasteiger partial charge >= 0.3 is 6.03 Å². The Morgan fingerprint density at radius 3 is 3.08 bits per heavy atom. The lowest BCUT2D eigenvalue weighted by molar-refractivity contribution is 0.253. The van der Waals surface area contributed by atoms with Crippen molar-refractivity contribution in [3.63, 3.8) is 0 Å². The van der Waals surface area contributed by atoms with Gasteiger partial charge in [0.05, 0.1) is 5.69 Å². The molecule has 1 aliphatic rings. The van der Waals surface area contributed by atoms with Crippen LogP contribution in [0, 0.1) is 0 Å². The summed E-state index contributed by atoms with van der Waals surface area (Å²) >= 11 is 0. The van der Waals surface area contributed by atoms with E-state index in [2.05, 4.69) is 15.8 Å². The number of amides is 2. The zero-order valence-electron chi connectivity index (χ0n) is 7.33. The molecule has 0 atom stereocenters. The lowest BCUT2D eigenvalue weighted by Gasteiger charge is -1.96. The molecule has 1 fully saturated rings. The second-order valence-corrected chi connectivity index (χ2v) is 3.09. The highest BCUT2D eigenvalue weighted by atomic mass is 16.5. The van der Waals surface area contributed by atoms with E-state index < -0.39 is 0 Å². The molecule has 5 heteroatoms. The molecule has 2 N–H and O–H groups in total. The normalized spacial score (nSPS) is 15.5. The summed E-state index contributed by atoms with van der Waals surface area (Å²) in [6.45, 7) is 0. The number of hydrogen-bond donors (Lipinski definition) is 2. The minimum atomic E-state index is -0.293. The minimum absolute atomic E-state index is 0.293. The summed E-state index contributed by atoms with van der Waals surface area (Å²) in [6.07, 6.45) is 2.35. The predicted octanol–water partition coefficient (Wildman–Crippen LogP) is 1.30. The molecule has 0 spiro atoms. The molecule has 0 bridgehead atoms. The van der Waals surface area contributed by atoms with E-state index in [9.17, 15) is 4.79 Å². The van der Waals surface area contributed by atoms with Gasteiger partial charge in [-0.2, -0.15) is 0 Å². The number of anilines is 1. The largest absolute Gasteiger partial charge is 0.341 e. The first-order chi connectivity index (χ1) is 6.29. The van der Waals surface area contributed by atoms with Crippen molar-refractivity contribution < 1.29 is 9.32 Å². The van der Waals surface area contributed by atoms with Crippen LogP contribution in [0.25, 0.3) is 0 Å². The first kappa shape index (κ1) is 8.10. The topological polar surface area (TPSA) is 67.2 Å². The maximum absolute atomic E-state index is 10.9. The first-order valence-corrected chi connectivity index (χ1v) is 4.25. The molecule has 1 saturated carbocycles. The molecule has 1 aromatic heterocycles. The Balaban J connectivity index is 2.00. The van der Waals surface area contributed by atoms with Crippen LogP contribution in [-0.2, 0) is 0 Å². The number of aromatic nitrogens is 1. The van der Waals surface area contributed by atoms with Gasteiger partial charge in [-0.1, -0.05) is 5.16 Å². The van der Waals surface area contributed by atoms with Crippen LogP contribution in [0.15, 0.2) is 10.6 Å². The average molecular weight is 181 g/mol. The van der Waals surface area contributed by atoms with Crippen LogP contribution in [0.5, 0.6) is 0 Å². The fourth-order valence-electron chi connectivity index (χ4n) is 1.09. The van der Waals surface area contributed by atoms with Crippen molar-refractivity contribution in [1.29, 1.82) is 0 Å². The van der Waals surface area contributed by atoms with Crippen molar-refractivity contribution in [3.8, 4) is 0 Å². The van der Waals surface area contributed by atoms with Crippen molar-refractivity contribution in [3.05, 3.63) is 11.8 Å². The van der Waals surface area contributed by atoms with E-state index >= 15 is 0 Å². The van der Waals surface area contributed by atoms with E-state index in [4.69, 9.17) is 4.52 Å². The molecule has 0 aliphatic heterocycles. The number of nitrogens with one attached hydrogen (secondary N) is 2. The predicted molar refractivity (Wildman–Crippen MR) is 46.6 cm³/mol. The summed E-state index contributed by atoms with van der Waals surface area (Å²) in [6, 6.07) is 1.48. The summed E-state index contributed by atoms with van der Waals surface area (Å²) in [4.78, 5) is 10.9. The summed E-state index contributed by atoms with van der Waals surface area (Å²) in [5, 5.41) is 8.79. The number of urea groups is 1.